The van der Waals surface area contributed by atoms with Gasteiger partial charge in [0.15, 0.2) is 0 Å². The molecule has 4 heteroatoms. The molecule has 0 saturated heterocycles. The molecule has 0 spiro atoms. The number of amides is 1. The zero-order chi connectivity index (χ0) is 14.6. The predicted molar refractivity (Wildman–Crippen MR) is 80.0 cm³/mol. The summed E-state index contributed by atoms with van der Waals surface area (Å²) in [5, 5.41) is 0.701. The highest BCUT2D eigenvalue weighted by atomic mass is 35.5. The molecule has 1 amide bonds. The molecule has 3 nitrogen and oxygen atoms in total. The SMILES string of the molecule is CC(C)C(CN)C(=O)N(C)C(C)c1ccc(Cl)cc1. The summed E-state index contributed by atoms with van der Waals surface area (Å²) in [5.74, 6) is 0.220. The van der Waals surface area contributed by atoms with Gasteiger partial charge in [0.25, 0.3) is 0 Å². The number of nitrogens with two attached hydrogens (primary N) is 1. The van der Waals surface area contributed by atoms with E-state index in [4.69, 9.17) is 17.3 Å². The van der Waals surface area contributed by atoms with Gasteiger partial charge in [-0.05, 0) is 30.5 Å². The summed E-state index contributed by atoms with van der Waals surface area (Å²) in [4.78, 5) is 14.2. The van der Waals surface area contributed by atoms with Crippen LogP contribution in [0.1, 0.15) is 32.4 Å². The van der Waals surface area contributed by atoms with E-state index in [1.807, 2.05) is 52.1 Å². The summed E-state index contributed by atoms with van der Waals surface area (Å²) in [6.45, 7) is 6.44. The van der Waals surface area contributed by atoms with Crippen LogP contribution in [0.5, 0.6) is 0 Å². The fraction of sp³-hybridized carbons (Fsp3) is 0.533. The molecule has 0 radical (unpaired) electrons. The van der Waals surface area contributed by atoms with E-state index in [9.17, 15) is 4.79 Å². The highest BCUT2D eigenvalue weighted by molar-refractivity contribution is 6.30. The van der Waals surface area contributed by atoms with Crippen LogP contribution >= 0.6 is 11.6 Å². The Morgan fingerprint density at radius 1 is 1.26 bits per heavy atom. The van der Waals surface area contributed by atoms with Crippen molar-refractivity contribution >= 4 is 17.5 Å². The lowest BCUT2D eigenvalue weighted by molar-refractivity contribution is -0.137. The topological polar surface area (TPSA) is 46.3 Å². The lowest BCUT2D eigenvalue weighted by atomic mass is 9.93. The summed E-state index contributed by atoms with van der Waals surface area (Å²) in [7, 11) is 1.83. The number of nitrogens with zero attached hydrogens (tertiary/aromatic N) is 1. The van der Waals surface area contributed by atoms with Gasteiger partial charge in [0, 0.05) is 18.6 Å². The quantitative estimate of drug-likeness (QED) is 0.902. The van der Waals surface area contributed by atoms with Crippen LogP contribution in [0.3, 0.4) is 0 Å². The highest BCUT2D eigenvalue weighted by Crippen LogP contribution is 2.23. The van der Waals surface area contributed by atoms with Crippen molar-refractivity contribution in [2.45, 2.75) is 26.8 Å². The van der Waals surface area contributed by atoms with E-state index in [2.05, 4.69) is 0 Å². The molecule has 0 fully saturated rings. The molecule has 0 bridgehead atoms. The van der Waals surface area contributed by atoms with Crippen molar-refractivity contribution in [3.05, 3.63) is 34.9 Å². The van der Waals surface area contributed by atoms with Crippen LogP contribution in [-0.2, 0) is 4.79 Å². The number of carbonyl (C=O) groups excluding carboxylic acids is 1. The Morgan fingerprint density at radius 2 is 1.79 bits per heavy atom. The van der Waals surface area contributed by atoms with Gasteiger partial charge >= 0.3 is 0 Å². The normalized spacial score (nSPS) is 14.3. The van der Waals surface area contributed by atoms with E-state index in [1.54, 1.807) is 4.90 Å². The van der Waals surface area contributed by atoms with Crippen LogP contribution in [0, 0.1) is 11.8 Å². The number of hydrogen-bond donors (Lipinski definition) is 1. The van der Waals surface area contributed by atoms with Crippen molar-refractivity contribution in [1.29, 1.82) is 0 Å². The third-order valence-corrected chi connectivity index (χ3v) is 3.91. The molecule has 1 aromatic carbocycles. The molecule has 2 N–H and O–H groups in total. The van der Waals surface area contributed by atoms with Crippen molar-refractivity contribution in [2.24, 2.45) is 17.6 Å². The Morgan fingerprint density at radius 3 is 2.21 bits per heavy atom. The third kappa shape index (κ3) is 3.95. The van der Waals surface area contributed by atoms with Gasteiger partial charge in [-0.2, -0.15) is 0 Å². The molecular weight excluding hydrogens is 260 g/mol. The Bertz CT molecular complexity index is 417. The Labute approximate surface area is 120 Å². The minimum atomic E-state index is -0.125. The van der Waals surface area contributed by atoms with Gasteiger partial charge in [-0.25, -0.2) is 0 Å². The van der Waals surface area contributed by atoms with Gasteiger partial charge in [-0.15, -0.1) is 0 Å². The molecule has 2 atom stereocenters. The first-order valence-corrected chi connectivity index (χ1v) is 6.98. The molecule has 2 unspecified atom stereocenters. The minimum Gasteiger partial charge on any atom is -0.339 e. The summed E-state index contributed by atoms with van der Waals surface area (Å²) >= 11 is 5.88. The van der Waals surface area contributed by atoms with Crippen LogP contribution in [0.2, 0.25) is 5.02 Å². The molecule has 106 valence electrons. The van der Waals surface area contributed by atoms with E-state index < -0.39 is 0 Å². The number of rotatable bonds is 5. The van der Waals surface area contributed by atoms with Crippen molar-refractivity contribution in [3.63, 3.8) is 0 Å². The van der Waals surface area contributed by atoms with Crippen LogP contribution in [-0.4, -0.2) is 24.4 Å². The van der Waals surface area contributed by atoms with Crippen molar-refractivity contribution in [1.82, 2.24) is 4.90 Å². The Hall–Kier alpha value is -1.06. The van der Waals surface area contributed by atoms with Crippen molar-refractivity contribution in [3.8, 4) is 0 Å². The second-order valence-corrected chi connectivity index (χ2v) is 5.70. The molecule has 19 heavy (non-hydrogen) atoms. The maximum Gasteiger partial charge on any atom is 0.227 e. The second-order valence-electron chi connectivity index (χ2n) is 5.26. The van der Waals surface area contributed by atoms with E-state index in [1.165, 1.54) is 0 Å². The maximum atomic E-state index is 12.4. The van der Waals surface area contributed by atoms with Gasteiger partial charge in [-0.3, -0.25) is 4.79 Å². The summed E-state index contributed by atoms with van der Waals surface area (Å²) in [6, 6.07) is 7.59. The van der Waals surface area contributed by atoms with Gasteiger partial charge in [0.1, 0.15) is 0 Å². The Balaban J connectivity index is 2.84. The second kappa shape index (κ2) is 6.92. The van der Waals surface area contributed by atoms with Gasteiger partial charge in [-0.1, -0.05) is 37.6 Å². The van der Waals surface area contributed by atoms with E-state index in [0.29, 0.717) is 11.6 Å². The maximum absolute atomic E-state index is 12.4. The monoisotopic (exact) mass is 282 g/mol. The molecule has 0 saturated carbocycles. The van der Waals surface area contributed by atoms with Gasteiger partial charge in [0.2, 0.25) is 5.91 Å². The first-order valence-electron chi connectivity index (χ1n) is 6.60. The lowest BCUT2D eigenvalue weighted by Gasteiger charge is -2.30. The molecule has 0 aliphatic heterocycles. The van der Waals surface area contributed by atoms with Gasteiger partial charge in [0.05, 0.1) is 12.0 Å². The highest BCUT2D eigenvalue weighted by Gasteiger charge is 2.26. The molecule has 0 heterocycles. The van der Waals surface area contributed by atoms with E-state index in [0.717, 1.165) is 5.56 Å². The molecule has 0 aromatic heterocycles. The first-order chi connectivity index (χ1) is 8.88. The summed E-state index contributed by atoms with van der Waals surface area (Å²) in [5.41, 5.74) is 6.78. The number of carbonyl (C=O) groups is 1. The molecule has 0 aliphatic carbocycles. The van der Waals surface area contributed by atoms with E-state index in [-0.39, 0.29) is 23.8 Å². The van der Waals surface area contributed by atoms with Crippen LogP contribution in [0.15, 0.2) is 24.3 Å². The largest absolute Gasteiger partial charge is 0.339 e. The average molecular weight is 283 g/mol. The first kappa shape index (κ1) is 16.0. The third-order valence-electron chi connectivity index (χ3n) is 3.66. The van der Waals surface area contributed by atoms with E-state index >= 15 is 0 Å². The lowest BCUT2D eigenvalue weighted by Crippen LogP contribution is -2.40. The zero-order valence-electron chi connectivity index (χ0n) is 12.1. The standard InChI is InChI=1S/C15H23ClN2O/c1-10(2)14(9-17)15(19)18(4)11(3)12-5-7-13(16)8-6-12/h5-8,10-11,14H,9,17H2,1-4H3. The van der Waals surface area contributed by atoms with Crippen LogP contribution in [0.4, 0.5) is 0 Å². The fourth-order valence-electron chi connectivity index (χ4n) is 2.08. The van der Waals surface area contributed by atoms with Crippen molar-refractivity contribution in [2.75, 3.05) is 13.6 Å². The minimum absolute atomic E-state index is 0.0116. The molecule has 1 aromatic rings. The summed E-state index contributed by atoms with van der Waals surface area (Å²) < 4.78 is 0. The van der Waals surface area contributed by atoms with Gasteiger partial charge < -0.3 is 10.6 Å². The molecule has 1 rings (SSSR count). The van der Waals surface area contributed by atoms with Crippen molar-refractivity contribution < 1.29 is 4.79 Å². The number of benzene rings is 1. The van der Waals surface area contributed by atoms with Crippen LogP contribution in [0.25, 0.3) is 0 Å². The van der Waals surface area contributed by atoms with Crippen LogP contribution < -0.4 is 5.73 Å². The smallest absolute Gasteiger partial charge is 0.227 e. The molecular formula is C15H23ClN2O. The zero-order valence-corrected chi connectivity index (χ0v) is 12.8. The predicted octanol–water partition coefficient (Wildman–Crippen LogP) is 3.09. The fourth-order valence-corrected chi connectivity index (χ4v) is 2.20. The summed E-state index contributed by atoms with van der Waals surface area (Å²) in [6.07, 6.45) is 0. The number of halogens is 1. The Kier molecular flexibility index (Phi) is 5.83. The molecule has 0 aliphatic rings. The average Bonchev–Trinajstić information content (AvgIpc) is 2.38. The number of hydrogen-bond acceptors (Lipinski definition) is 2.